The van der Waals surface area contributed by atoms with E-state index in [9.17, 15) is 4.79 Å². The smallest absolute Gasteiger partial charge is 0.270 e. The number of amides is 1. The lowest BCUT2D eigenvalue weighted by Crippen LogP contribution is -2.39. The van der Waals surface area contributed by atoms with Crippen molar-refractivity contribution in [3.05, 3.63) is 34.5 Å². The van der Waals surface area contributed by atoms with E-state index in [1.807, 2.05) is 11.8 Å². The molecule has 1 saturated heterocycles. The van der Waals surface area contributed by atoms with Crippen molar-refractivity contribution in [3.8, 4) is 0 Å². The predicted molar refractivity (Wildman–Crippen MR) is 101 cm³/mol. The molecule has 1 amide bonds. The molecule has 0 saturated carbocycles. The van der Waals surface area contributed by atoms with Gasteiger partial charge >= 0.3 is 0 Å². The summed E-state index contributed by atoms with van der Waals surface area (Å²) in [6.45, 7) is 9.85. The van der Waals surface area contributed by atoms with Crippen LogP contribution in [0.25, 0.3) is 10.9 Å². The summed E-state index contributed by atoms with van der Waals surface area (Å²) in [5.41, 5.74) is 5.24. The van der Waals surface area contributed by atoms with Crippen LogP contribution < -0.4 is 0 Å². The second-order valence-corrected chi connectivity index (χ2v) is 7.58. The topological polar surface area (TPSA) is 48.6 Å². The summed E-state index contributed by atoms with van der Waals surface area (Å²) in [6, 6.07) is 4.31. The van der Waals surface area contributed by atoms with E-state index in [0.29, 0.717) is 31.4 Å². The molecule has 1 atom stereocenters. The van der Waals surface area contributed by atoms with Crippen molar-refractivity contribution in [2.75, 3.05) is 46.9 Å². The number of nitrogens with one attached hydrogen (secondary N) is 1. The van der Waals surface area contributed by atoms with Gasteiger partial charge < -0.3 is 19.5 Å². The molecule has 3 rings (SSSR count). The van der Waals surface area contributed by atoms with E-state index in [4.69, 9.17) is 4.74 Å². The molecule has 5 heteroatoms. The summed E-state index contributed by atoms with van der Waals surface area (Å²) in [7, 11) is 4.12. The Hall–Kier alpha value is -1.85. The Bertz CT molecular complexity index is 779. The Morgan fingerprint density at radius 3 is 2.80 bits per heavy atom. The van der Waals surface area contributed by atoms with Crippen LogP contribution in [0, 0.1) is 26.7 Å². The van der Waals surface area contributed by atoms with Gasteiger partial charge in [-0.1, -0.05) is 11.6 Å². The van der Waals surface area contributed by atoms with Gasteiger partial charge in [-0.05, 0) is 52.1 Å². The lowest BCUT2D eigenvalue weighted by atomic mass is 10.1. The normalized spacial score (nSPS) is 18.8. The third kappa shape index (κ3) is 3.72. The lowest BCUT2D eigenvalue weighted by molar-refractivity contribution is 0.0729. The number of aromatic nitrogens is 1. The van der Waals surface area contributed by atoms with Crippen molar-refractivity contribution in [1.29, 1.82) is 0 Å². The van der Waals surface area contributed by atoms with E-state index >= 15 is 0 Å². The summed E-state index contributed by atoms with van der Waals surface area (Å²) in [5, 5.41) is 1.15. The highest BCUT2D eigenvalue weighted by Gasteiger charge is 2.26. The molecular formula is C20H29N3O2. The maximum absolute atomic E-state index is 13.2. The second-order valence-electron chi connectivity index (χ2n) is 7.58. The Morgan fingerprint density at radius 1 is 1.32 bits per heavy atom. The minimum atomic E-state index is 0.0833. The zero-order valence-corrected chi connectivity index (χ0v) is 16.0. The number of aryl methyl sites for hydroxylation is 3. The maximum atomic E-state index is 13.2. The molecule has 0 bridgehead atoms. The number of ether oxygens (including phenoxy) is 1. The van der Waals surface area contributed by atoms with Crippen LogP contribution in [-0.2, 0) is 4.74 Å². The minimum Gasteiger partial charge on any atom is -0.379 e. The van der Waals surface area contributed by atoms with Crippen molar-refractivity contribution < 1.29 is 9.53 Å². The van der Waals surface area contributed by atoms with Crippen LogP contribution in [0.1, 0.15) is 27.2 Å². The SMILES string of the molecule is Cc1cc(C)c2[nH]c(C(=O)N3CCOC[C@@H](CN(C)C)C3)c(C)c2c1. The molecule has 0 spiro atoms. The van der Waals surface area contributed by atoms with Crippen molar-refractivity contribution in [2.24, 2.45) is 5.92 Å². The van der Waals surface area contributed by atoms with Crippen LogP contribution in [0.5, 0.6) is 0 Å². The van der Waals surface area contributed by atoms with Gasteiger partial charge in [0.15, 0.2) is 0 Å². The first-order chi connectivity index (χ1) is 11.9. The number of H-pyrrole nitrogens is 1. The van der Waals surface area contributed by atoms with Crippen LogP contribution in [0.3, 0.4) is 0 Å². The maximum Gasteiger partial charge on any atom is 0.270 e. The van der Waals surface area contributed by atoms with Gasteiger partial charge in [0.1, 0.15) is 5.69 Å². The Kier molecular flexibility index (Phi) is 5.16. The monoisotopic (exact) mass is 343 g/mol. The predicted octanol–water partition coefficient (Wildman–Crippen LogP) is 2.74. The first-order valence-electron chi connectivity index (χ1n) is 8.98. The van der Waals surface area contributed by atoms with Gasteiger partial charge in [0, 0.05) is 36.5 Å². The number of hydrogen-bond acceptors (Lipinski definition) is 3. The quantitative estimate of drug-likeness (QED) is 0.932. The van der Waals surface area contributed by atoms with Gasteiger partial charge in [0.2, 0.25) is 0 Å². The summed E-state index contributed by atoms with van der Waals surface area (Å²) in [5.74, 6) is 0.426. The van der Waals surface area contributed by atoms with Crippen LogP contribution >= 0.6 is 0 Å². The van der Waals surface area contributed by atoms with Gasteiger partial charge in [-0.15, -0.1) is 0 Å². The summed E-state index contributed by atoms with van der Waals surface area (Å²) < 4.78 is 5.72. The van der Waals surface area contributed by atoms with Crippen LogP contribution in [0.2, 0.25) is 0 Å². The molecule has 2 aromatic rings. The highest BCUT2D eigenvalue weighted by Crippen LogP contribution is 2.27. The van der Waals surface area contributed by atoms with Crippen LogP contribution in [-0.4, -0.2) is 67.6 Å². The molecule has 5 nitrogen and oxygen atoms in total. The number of nitrogens with zero attached hydrogens (tertiary/aromatic N) is 2. The lowest BCUT2D eigenvalue weighted by Gasteiger charge is -2.25. The summed E-state index contributed by atoms with van der Waals surface area (Å²) in [6.07, 6.45) is 0. The third-order valence-electron chi connectivity index (χ3n) is 4.97. The highest BCUT2D eigenvalue weighted by atomic mass is 16.5. The number of carbonyl (C=O) groups excluding carboxylic acids is 1. The van der Waals surface area contributed by atoms with E-state index in [2.05, 4.69) is 50.0 Å². The highest BCUT2D eigenvalue weighted by molar-refractivity contribution is 6.01. The minimum absolute atomic E-state index is 0.0833. The zero-order chi connectivity index (χ0) is 18.1. The zero-order valence-electron chi connectivity index (χ0n) is 16.0. The molecule has 1 aliphatic heterocycles. The van der Waals surface area contributed by atoms with E-state index in [1.165, 1.54) is 11.1 Å². The number of benzene rings is 1. The molecule has 1 aromatic carbocycles. The molecule has 1 fully saturated rings. The van der Waals surface area contributed by atoms with Crippen molar-refractivity contribution in [1.82, 2.24) is 14.8 Å². The number of fused-ring (bicyclic) bond motifs is 1. The molecule has 0 aliphatic carbocycles. The molecule has 136 valence electrons. The first kappa shape index (κ1) is 18.0. The molecule has 25 heavy (non-hydrogen) atoms. The number of aromatic amines is 1. The number of carbonyl (C=O) groups is 1. The molecule has 2 heterocycles. The van der Waals surface area contributed by atoms with E-state index in [0.717, 1.165) is 29.6 Å². The van der Waals surface area contributed by atoms with E-state index < -0.39 is 0 Å². The molecule has 1 aromatic heterocycles. The molecule has 1 aliphatic rings. The van der Waals surface area contributed by atoms with E-state index in [1.54, 1.807) is 0 Å². The largest absolute Gasteiger partial charge is 0.379 e. The van der Waals surface area contributed by atoms with Gasteiger partial charge in [0.05, 0.1) is 13.2 Å². The van der Waals surface area contributed by atoms with Gasteiger partial charge in [0.25, 0.3) is 5.91 Å². The van der Waals surface area contributed by atoms with Crippen LogP contribution in [0.4, 0.5) is 0 Å². The fourth-order valence-electron chi connectivity index (χ4n) is 3.85. The first-order valence-corrected chi connectivity index (χ1v) is 8.98. The Morgan fingerprint density at radius 2 is 2.08 bits per heavy atom. The summed E-state index contributed by atoms with van der Waals surface area (Å²) >= 11 is 0. The Labute approximate surface area is 149 Å². The average molecular weight is 343 g/mol. The third-order valence-corrected chi connectivity index (χ3v) is 4.97. The summed E-state index contributed by atoms with van der Waals surface area (Å²) in [4.78, 5) is 20.7. The van der Waals surface area contributed by atoms with Crippen molar-refractivity contribution >= 4 is 16.8 Å². The molecule has 0 radical (unpaired) electrons. The fraction of sp³-hybridized carbons (Fsp3) is 0.550. The van der Waals surface area contributed by atoms with Gasteiger partial charge in [-0.25, -0.2) is 0 Å². The number of rotatable bonds is 3. The van der Waals surface area contributed by atoms with Gasteiger partial charge in [-0.3, -0.25) is 4.79 Å². The van der Waals surface area contributed by atoms with Crippen LogP contribution in [0.15, 0.2) is 12.1 Å². The standard InChI is InChI=1S/C20H29N3O2/c1-13-8-14(2)18-17(9-13)15(3)19(21-18)20(24)23-6-7-25-12-16(11-23)10-22(4)5/h8-9,16,21H,6-7,10-12H2,1-5H3/t16-/m0/s1. The second kappa shape index (κ2) is 7.18. The van der Waals surface area contributed by atoms with Crippen molar-refractivity contribution in [3.63, 3.8) is 0 Å². The average Bonchev–Trinajstić information content (AvgIpc) is 2.72. The molecule has 0 unspecified atom stereocenters. The Balaban J connectivity index is 1.90. The fourth-order valence-corrected chi connectivity index (χ4v) is 3.85. The van der Waals surface area contributed by atoms with E-state index in [-0.39, 0.29) is 5.91 Å². The molecule has 1 N–H and O–H groups in total. The van der Waals surface area contributed by atoms with Gasteiger partial charge in [-0.2, -0.15) is 0 Å². The number of hydrogen-bond donors (Lipinski definition) is 1. The van der Waals surface area contributed by atoms with Crippen molar-refractivity contribution in [2.45, 2.75) is 20.8 Å². The molecular weight excluding hydrogens is 314 g/mol.